The smallest absolute Gasteiger partial charge is 0.0949 e. The molecule has 102 valence electrons. The highest BCUT2D eigenvalue weighted by atomic mass is 16.5. The van der Waals surface area contributed by atoms with Gasteiger partial charge in [-0.15, -0.1) is 0 Å². The molecule has 0 aromatic carbocycles. The van der Waals surface area contributed by atoms with Crippen molar-refractivity contribution in [1.82, 2.24) is 9.55 Å². The van der Waals surface area contributed by atoms with Gasteiger partial charge in [0.05, 0.1) is 18.1 Å². The van der Waals surface area contributed by atoms with Gasteiger partial charge in [-0.2, -0.15) is 0 Å². The summed E-state index contributed by atoms with van der Waals surface area (Å²) in [4.78, 5) is 4.41. The van der Waals surface area contributed by atoms with Crippen LogP contribution in [-0.4, -0.2) is 28.3 Å². The molecule has 4 nitrogen and oxygen atoms in total. The largest absolute Gasteiger partial charge is 0.378 e. The van der Waals surface area contributed by atoms with Gasteiger partial charge in [0.2, 0.25) is 0 Å². The highest BCUT2D eigenvalue weighted by Crippen LogP contribution is 2.17. The average Bonchev–Trinajstić information content (AvgIpc) is 3.01. The fraction of sp³-hybridized carbons (Fsp3) is 0.786. The maximum Gasteiger partial charge on any atom is 0.0949 e. The number of hydrogen-bond donors (Lipinski definition) is 1. The Morgan fingerprint density at radius 1 is 1.61 bits per heavy atom. The van der Waals surface area contributed by atoms with Gasteiger partial charge >= 0.3 is 0 Å². The second-order valence-corrected chi connectivity index (χ2v) is 5.25. The van der Waals surface area contributed by atoms with E-state index in [0.29, 0.717) is 6.10 Å². The van der Waals surface area contributed by atoms with Crippen molar-refractivity contribution in [3.05, 3.63) is 18.2 Å². The van der Waals surface area contributed by atoms with Crippen LogP contribution < -0.4 is 5.73 Å². The first-order valence-electron chi connectivity index (χ1n) is 7.15. The molecule has 1 aliphatic rings. The molecule has 2 N–H and O–H groups in total. The molecule has 1 aliphatic heterocycles. The number of ether oxygens (including phenoxy) is 1. The maximum absolute atomic E-state index is 5.93. The van der Waals surface area contributed by atoms with Gasteiger partial charge in [-0.05, 0) is 32.1 Å². The van der Waals surface area contributed by atoms with Crippen molar-refractivity contribution in [2.75, 3.05) is 6.61 Å². The van der Waals surface area contributed by atoms with Gasteiger partial charge in [0.1, 0.15) is 0 Å². The monoisotopic (exact) mass is 251 g/mol. The lowest BCUT2D eigenvalue weighted by Gasteiger charge is -2.08. The van der Waals surface area contributed by atoms with E-state index < -0.39 is 0 Å². The van der Waals surface area contributed by atoms with E-state index in [2.05, 4.69) is 22.7 Å². The van der Waals surface area contributed by atoms with Crippen molar-refractivity contribution >= 4 is 0 Å². The third kappa shape index (κ3) is 4.10. The van der Waals surface area contributed by atoms with Crippen LogP contribution in [0.15, 0.2) is 12.5 Å². The third-order valence-electron chi connectivity index (χ3n) is 3.65. The van der Waals surface area contributed by atoms with Crippen molar-refractivity contribution in [3.63, 3.8) is 0 Å². The number of aryl methyl sites for hydroxylation is 1. The summed E-state index contributed by atoms with van der Waals surface area (Å²) in [6.45, 7) is 4.10. The second kappa shape index (κ2) is 6.90. The number of aromatic nitrogens is 2. The summed E-state index contributed by atoms with van der Waals surface area (Å²) in [7, 11) is 0. The molecule has 0 saturated carbocycles. The Hall–Kier alpha value is -0.870. The van der Waals surface area contributed by atoms with Crippen molar-refractivity contribution < 1.29 is 4.74 Å². The lowest BCUT2D eigenvalue weighted by Crippen LogP contribution is -2.21. The van der Waals surface area contributed by atoms with Crippen molar-refractivity contribution in [2.24, 2.45) is 5.73 Å². The summed E-state index contributed by atoms with van der Waals surface area (Å²) in [5.74, 6) is 0. The van der Waals surface area contributed by atoms with Gasteiger partial charge in [0, 0.05) is 31.8 Å². The van der Waals surface area contributed by atoms with Crippen LogP contribution in [0.5, 0.6) is 0 Å². The van der Waals surface area contributed by atoms with E-state index in [-0.39, 0.29) is 6.04 Å². The Morgan fingerprint density at radius 2 is 2.50 bits per heavy atom. The molecule has 1 fully saturated rings. The van der Waals surface area contributed by atoms with E-state index in [4.69, 9.17) is 10.5 Å². The van der Waals surface area contributed by atoms with Crippen LogP contribution in [0.1, 0.15) is 44.7 Å². The fourth-order valence-electron chi connectivity index (χ4n) is 2.42. The molecular weight excluding hydrogens is 226 g/mol. The van der Waals surface area contributed by atoms with E-state index in [0.717, 1.165) is 31.7 Å². The van der Waals surface area contributed by atoms with Crippen molar-refractivity contribution in [3.8, 4) is 0 Å². The zero-order valence-electron chi connectivity index (χ0n) is 11.3. The topological polar surface area (TPSA) is 53.1 Å². The van der Waals surface area contributed by atoms with Crippen molar-refractivity contribution in [1.29, 1.82) is 0 Å². The minimum atomic E-state index is 0.236. The van der Waals surface area contributed by atoms with Crippen LogP contribution in [0.25, 0.3) is 0 Å². The summed E-state index contributed by atoms with van der Waals surface area (Å²) in [6, 6.07) is 0.236. The summed E-state index contributed by atoms with van der Waals surface area (Å²) in [5.41, 5.74) is 7.04. The first kappa shape index (κ1) is 13.6. The molecule has 0 amide bonds. The molecule has 4 heteroatoms. The highest BCUT2D eigenvalue weighted by Gasteiger charge is 2.14. The number of hydrogen-bond acceptors (Lipinski definition) is 3. The average molecular weight is 251 g/mol. The molecule has 1 aromatic heterocycles. The van der Waals surface area contributed by atoms with Gasteiger partial charge in [-0.3, -0.25) is 0 Å². The first-order chi connectivity index (χ1) is 8.78. The predicted molar refractivity (Wildman–Crippen MR) is 72.4 cm³/mol. The first-order valence-corrected chi connectivity index (χ1v) is 7.15. The van der Waals surface area contributed by atoms with Gasteiger partial charge in [-0.25, -0.2) is 4.98 Å². The second-order valence-electron chi connectivity index (χ2n) is 5.25. The molecule has 0 radical (unpaired) electrons. The lowest BCUT2D eigenvalue weighted by molar-refractivity contribution is 0.101. The van der Waals surface area contributed by atoms with E-state index in [1.54, 1.807) is 0 Å². The maximum atomic E-state index is 5.93. The van der Waals surface area contributed by atoms with Crippen LogP contribution >= 0.6 is 0 Å². The molecule has 18 heavy (non-hydrogen) atoms. The molecule has 2 rings (SSSR count). The fourth-order valence-corrected chi connectivity index (χ4v) is 2.42. The standard InChI is InChI=1S/C14H25N3O/c1-2-12(15)9-13-10-17(11-16-13)7-3-5-14-6-4-8-18-14/h10-12,14H,2-9,15H2,1H3. The Balaban J connectivity index is 1.69. The Labute approximate surface area is 110 Å². The van der Waals surface area contributed by atoms with E-state index >= 15 is 0 Å². The third-order valence-corrected chi connectivity index (χ3v) is 3.65. The zero-order valence-corrected chi connectivity index (χ0v) is 11.3. The Morgan fingerprint density at radius 3 is 3.22 bits per heavy atom. The van der Waals surface area contributed by atoms with E-state index in [1.807, 2.05) is 6.33 Å². The minimum absolute atomic E-state index is 0.236. The minimum Gasteiger partial charge on any atom is -0.378 e. The molecular formula is C14H25N3O. The Bertz CT molecular complexity index is 345. The Kier molecular flexibility index (Phi) is 5.20. The molecule has 1 saturated heterocycles. The van der Waals surface area contributed by atoms with Gasteiger partial charge in [0.25, 0.3) is 0 Å². The molecule has 2 unspecified atom stereocenters. The number of nitrogens with zero attached hydrogens (tertiary/aromatic N) is 2. The number of imidazole rings is 1. The molecule has 0 spiro atoms. The summed E-state index contributed by atoms with van der Waals surface area (Å²) in [5, 5.41) is 0. The van der Waals surface area contributed by atoms with Gasteiger partial charge in [0.15, 0.2) is 0 Å². The number of rotatable bonds is 7. The molecule has 0 aliphatic carbocycles. The summed E-state index contributed by atoms with van der Waals surface area (Å²) >= 11 is 0. The van der Waals surface area contributed by atoms with Gasteiger partial charge in [-0.1, -0.05) is 6.92 Å². The quantitative estimate of drug-likeness (QED) is 0.807. The van der Waals surface area contributed by atoms with Crippen LogP contribution in [-0.2, 0) is 17.7 Å². The van der Waals surface area contributed by atoms with Gasteiger partial charge < -0.3 is 15.0 Å². The summed E-state index contributed by atoms with van der Waals surface area (Å²) in [6.07, 6.45) is 11.2. The molecule has 1 aromatic rings. The molecule has 2 heterocycles. The normalized spacial score (nSPS) is 21.3. The summed E-state index contributed by atoms with van der Waals surface area (Å²) < 4.78 is 7.80. The highest BCUT2D eigenvalue weighted by molar-refractivity contribution is 4.99. The zero-order chi connectivity index (χ0) is 12.8. The van der Waals surface area contributed by atoms with Crippen LogP contribution in [0, 0.1) is 0 Å². The predicted octanol–water partition coefficient (Wildman–Crippen LogP) is 2.12. The van der Waals surface area contributed by atoms with Crippen LogP contribution in [0.2, 0.25) is 0 Å². The van der Waals surface area contributed by atoms with E-state index in [1.165, 1.54) is 25.7 Å². The van der Waals surface area contributed by atoms with E-state index in [9.17, 15) is 0 Å². The molecule has 0 bridgehead atoms. The van der Waals surface area contributed by atoms with Crippen molar-refractivity contribution in [2.45, 2.75) is 64.1 Å². The molecule has 2 atom stereocenters. The van der Waals surface area contributed by atoms with Crippen LogP contribution in [0.4, 0.5) is 0 Å². The number of nitrogens with two attached hydrogens (primary N) is 1. The SMILES string of the molecule is CCC(N)Cc1cn(CCCC2CCCO2)cn1. The lowest BCUT2D eigenvalue weighted by atomic mass is 10.1. The van der Waals surface area contributed by atoms with Crippen LogP contribution in [0.3, 0.4) is 0 Å².